The summed E-state index contributed by atoms with van der Waals surface area (Å²) in [6.07, 6.45) is 71.6. The minimum absolute atomic E-state index is 0.000848. The third-order valence-electron chi connectivity index (χ3n) is 13.3. The van der Waals surface area contributed by atoms with E-state index >= 15 is 0 Å². The molecule has 0 saturated heterocycles. The van der Waals surface area contributed by atoms with Gasteiger partial charge in [0.1, 0.15) is 0 Å². The van der Waals surface area contributed by atoms with Gasteiger partial charge in [-0.3, -0.25) is 9.59 Å². The highest BCUT2D eigenvalue weighted by Crippen LogP contribution is 2.16. The van der Waals surface area contributed by atoms with E-state index in [4.69, 9.17) is 4.74 Å². The van der Waals surface area contributed by atoms with Crippen molar-refractivity contribution in [3.63, 3.8) is 0 Å². The summed E-state index contributed by atoms with van der Waals surface area (Å²) < 4.78 is 5.46. The molecule has 392 valence electrons. The average molecular weight is 941 g/mol. The maximum absolute atomic E-state index is 12.4. The zero-order chi connectivity index (χ0) is 48.6. The number of nitrogens with one attached hydrogen (secondary N) is 1. The molecule has 0 spiro atoms. The second-order valence-electron chi connectivity index (χ2n) is 20.0. The molecule has 0 rings (SSSR count). The van der Waals surface area contributed by atoms with Crippen LogP contribution in [0.15, 0.2) is 48.6 Å². The van der Waals surface area contributed by atoms with Crippen molar-refractivity contribution in [3.8, 4) is 0 Å². The number of aliphatic hydroxyl groups is 2. The van der Waals surface area contributed by atoms with Gasteiger partial charge in [-0.15, -0.1) is 0 Å². The van der Waals surface area contributed by atoms with E-state index in [1.54, 1.807) is 6.08 Å². The van der Waals surface area contributed by atoms with Crippen molar-refractivity contribution in [1.29, 1.82) is 0 Å². The second-order valence-corrected chi connectivity index (χ2v) is 20.0. The Hall–Kier alpha value is -2.18. The Morgan fingerprint density at radius 3 is 1.18 bits per heavy atom. The highest BCUT2D eigenvalue weighted by Gasteiger charge is 2.18. The Morgan fingerprint density at radius 2 is 0.746 bits per heavy atom. The number of unbranched alkanes of at least 4 members (excludes halogenated alkanes) is 37. The van der Waals surface area contributed by atoms with Crippen molar-refractivity contribution >= 4 is 11.9 Å². The van der Waals surface area contributed by atoms with E-state index < -0.39 is 12.1 Å². The highest BCUT2D eigenvalue weighted by molar-refractivity contribution is 5.76. The first kappa shape index (κ1) is 64.8. The lowest BCUT2D eigenvalue weighted by Crippen LogP contribution is -2.45. The molecule has 6 heteroatoms. The summed E-state index contributed by atoms with van der Waals surface area (Å²) in [6.45, 7) is 4.84. The molecule has 0 radical (unpaired) electrons. The van der Waals surface area contributed by atoms with Gasteiger partial charge in [0.25, 0.3) is 0 Å². The molecule has 1 amide bonds. The van der Waals surface area contributed by atoms with Gasteiger partial charge in [-0.2, -0.15) is 0 Å². The van der Waals surface area contributed by atoms with E-state index in [-0.39, 0.29) is 18.5 Å². The van der Waals surface area contributed by atoms with Crippen LogP contribution in [-0.4, -0.2) is 47.4 Å². The summed E-state index contributed by atoms with van der Waals surface area (Å²) in [6, 6.07) is -0.627. The molecule has 0 bridgehead atoms. The molecule has 0 heterocycles. The van der Waals surface area contributed by atoms with Gasteiger partial charge in [-0.05, 0) is 89.9 Å². The van der Waals surface area contributed by atoms with Gasteiger partial charge in [0, 0.05) is 12.8 Å². The second kappa shape index (κ2) is 56.4. The van der Waals surface area contributed by atoms with Crippen LogP contribution >= 0.6 is 0 Å². The Morgan fingerprint density at radius 1 is 0.418 bits per heavy atom. The van der Waals surface area contributed by atoms with Crippen LogP contribution in [0.4, 0.5) is 0 Å². The van der Waals surface area contributed by atoms with Crippen molar-refractivity contribution in [2.75, 3.05) is 13.2 Å². The van der Waals surface area contributed by atoms with Crippen LogP contribution in [0.2, 0.25) is 0 Å². The number of rotatable bonds is 54. The zero-order valence-electron chi connectivity index (χ0n) is 44.6. The van der Waals surface area contributed by atoms with Gasteiger partial charge in [0.2, 0.25) is 5.91 Å². The topological polar surface area (TPSA) is 95.9 Å². The quantitative estimate of drug-likeness (QED) is 0.0321. The van der Waals surface area contributed by atoms with E-state index in [1.807, 2.05) is 6.08 Å². The first-order chi connectivity index (χ1) is 33.0. The van der Waals surface area contributed by atoms with Gasteiger partial charge in [0.15, 0.2) is 0 Å². The summed E-state index contributed by atoms with van der Waals surface area (Å²) in [4.78, 5) is 24.4. The number of hydrogen-bond acceptors (Lipinski definition) is 5. The molecule has 0 fully saturated rings. The normalized spacial score (nSPS) is 13.0. The minimum atomic E-state index is -0.843. The van der Waals surface area contributed by atoms with Crippen molar-refractivity contribution in [2.45, 2.75) is 315 Å². The number of ether oxygens (including phenoxy) is 1. The molecular weight excluding hydrogens is 827 g/mol. The monoisotopic (exact) mass is 940 g/mol. The molecular formula is C61H113NO5. The minimum Gasteiger partial charge on any atom is -0.466 e. The third-order valence-corrected chi connectivity index (χ3v) is 13.3. The van der Waals surface area contributed by atoms with Crippen molar-refractivity contribution in [2.24, 2.45) is 0 Å². The van der Waals surface area contributed by atoms with E-state index in [1.165, 1.54) is 225 Å². The maximum atomic E-state index is 12.4. The van der Waals surface area contributed by atoms with Crippen LogP contribution in [0.3, 0.4) is 0 Å². The molecule has 0 aromatic rings. The largest absolute Gasteiger partial charge is 0.466 e. The lowest BCUT2D eigenvalue weighted by atomic mass is 10.0. The number of amides is 1. The predicted molar refractivity (Wildman–Crippen MR) is 292 cm³/mol. The van der Waals surface area contributed by atoms with Crippen LogP contribution in [0, 0.1) is 0 Å². The Labute approximate surface area is 416 Å². The lowest BCUT2D eigenvalue weighted by Gasteiger charge is -2.20. The number of esters is 1. The van der Waals surface area contributed by atoms with Crippen molar-refractivity contribution in [1.82, 2.24) is 5.32 Å². The summed E-state index contributed by atoms with van der Waals surface area (Å²) in [5.41, 5.74) is 0. The van der Waals surface area contributed by atoms with Gasteiger partial charge >= 0.3 is 5.97 Å². The number of carbonyl (C=O) groups is 2. The molecule has 0 aromatic carbocycles. The molecule has 6 nitrogen and oxygen atoms in total. The molecule has 67 heavy (non-hydrogen) atoms. The van der Waals surface area contributed by atoms with Crippen LogP contribution in [0.25, 0.3) is 0 Å². The van der Waals surface area contributed by atoms with Gasteiger partial charge < -0.3 is 20.3 Å². The Bertz CT molecular complexity index is 1130. The SMILES string of the molecule is CCCCC/C=C\CCCCCCCC(=O)OCCCCCCCCCCC/C=C\C/C=C\CCCCCCCCCCCCCCCC(=O)NC(CO)C(O)/C=C/CCCCCCCCC. The van der Waals surface area contributed by atoms with Crippen LogP contribution in [0.5, 0.6) is 0 Å². The molecule has 0 aromatic heterocycles. The van der Waals surface area contributed by atoms with E-state index in [0.717, 1.165) is 51.4 Å². The lowest BCUT2D eigenvalue weighted by molar-refractivity contribution is -0.143. The van der Waals surface area contributed by atoms with Gasteiger partial charge in [-0.25, -0.2) is 0 Å². The molecule has 2 unspecified atom stereocenters. The summed E-state index contributed by atoms with van der Waals surface area (Å²) >= 11 is 0. The smallest absolute Gasteiger partial charge is 0.305 e. The van der Waals surface area contributed by atoms with Crippen molar-refractivity contribution < 1.29 is 24.5 Å². The fraction of sp³-hybridized carbons (Fsp3) is 0.836. The Balaban J connectivity index is 3.40. The number of carbonyl (C=O) groups excluding carboxylic acids is 2. The molecule has 2 atom stereocenters. The highest BCUT2D eigenvalue weighted by atomic mass is 16.5. The number of allylic oxidation sites excluding steroid dienone is 7. The van der Waals surface area contributed by atoms with Crippen LogP contribution in [-0.2, 0) is 14.3 Å². The first-order valence-electron chi connectivity index (χ1n) is 29.4. The average Bonchev–Trinajstić information content (AvgIpc) is 3.33. The standard InChI is InChI=1S/C61H113NO5/c1-3-5-7-9-11-13-14-35-39-43-47-51-55-61(66)67-56-52-48-44-40-36-33-31-29-27-25-23-21-19-17-15-16-18-20-22-24-26-28-30-32-34-38-42-46-50-54-60(65)62-58(57-63)59(64)53-49-45-41-37-12-10-8-6-4-2/h11,13,15,17,21,23,49,53,58-59,63-64H,3-10,12,14,16,18-20,22,24-48,50-52,54-57H2,1-2H3,(H,62,65)/b13-11-,17-15-,23-21-,53-49+. The molecule has 0 aliphatic heterocycles. The van der Waals surface area contributed by atoms with Gasteiger partial charge in [0.05, 0.1) is 25.4 Å². The third kappa shape index (κ3) is 53.0. The maximum Gasteiger partial charge on any atom is 0.305 e. The fourth-order valence-electron chi connectivity index (χ4n) is 8.78. The predicted octanol–water partition coefficient (Wildman–Crippen LogP) is 18.2. The van der Waals surface area contributed by atoms with Gasteiger partial charge in [-0.1, -0.05) is 249 Å². The fourth-order valence-corrected chi connectivity index (χ4v) is 8.78. The van der Waals surface area contributed by atoms with Crippen molar-refractivity contribution in [3.05, 3.63) is 48.6 Å². The molecule has 0 aliphatic rings. The van der Waals surface area contributed by atoms with E-state index in [9.17, 15) is 19.8 Å². The molecule has 3 N–H and O–H groups in total. The Kier molecular flexibility index (Phi) is 54.6. The summed E-state index contributed by atoms with van der Waals surface area (Å²) in [5.74, 6) is -0.0712. The van der Waals surface area contributed by atoms with Crippen LogP contribution in [0.1, 0.15) is 303 Å². The van der Waals surface area contributed by atoms with E-state index in [2.05, 4.69) is 55.6 Å². The van der Waals surface area contributed by atoms with Crippen LogP contribution < -0.4 is 5.32 Å². The zero-order valence-corrected chi connectivity index (χ0v) is 44.6. The molecule has 0 aliphatic carbocycles. The molecule has 0 saturated carbocycles. The first-order valence-corrected chi connectivity index (χ1v) is 29.4. The summed E-state index contributed by atoms with van der Waals surface area (Å²) in [7, 11) is 0. The number of hydrogen-bond donors (Lipinski definition) is 3. The summed E-state index contributed by atoms with van der Waals surface area (Å²) in [5, 5.41) is 22.9. The van der Waals surface area contributed by atoms with E-state index in [0.29, 0.717) is 19.4 Å². The number of aliphatic hydroxyl groups excluding tert-OH is 2.